The summed E-state index contributed by atoms with van der Waals surface area (Å²) in [7, 11) is 1.61. The molecule has 140 valence electrons. The molecule has 5 nitrogen and oxygen atoms in total. The first-order valence-electron chi connectivity index (χ1n) is 8.91. The zero-order valence-corrected chi connectivity index (χ0v) is 16.2. The summed E-state index contributed by atoms with van der Waals surface area (Å²) in [6, 6.07) is 17.5. The third-order valence-corrected chi connectivity index (χ3v) is 4.58. The molecule has 3 aromatic rings. The van der Waals surface area contributed by atoms with Crippen LogP contribution in [0.4, 0.5) is 10.5 Å². The molecule has 0 fully saturated rings. The molecule has 0 radical (unpaired) electrons. The second-order valence-electron chi connectivity index (χ2n) is 6.61. The number of urea groups is 1. The van der Waals surface area contributed by atoms with E-state index in [4.69, 9.17) is 4.74 Å². The van der Waals surface area contributed by atoms with Crippen LogP contribution in [0.5, 0.6) is 5.75 Å². The lowest BCUT2D eigenvalue weighted by Gasteiger charge is -2.11. The van der Waals surface area contributed by atoms with Gasteiger partial charge in [-0.15, -0.1) is 0 Å². The van der Waals surface area contributed by atoms with Crippen LogP contribution in [0.15, 0.2) is 54.6 Å². The number of ether oxygens (including phenoxy) is 1. The van der Waals surface area contributed by atoms with Crippen LogP contribution in [0.3, 0.4) is 0 Å². The second-order valence-corrected chi connectivity index (χ2v) is 6.61. The number of nitrogens with one attached hydrogen (secondary N) is 2. The van der Waals surface area contributed by atoms with Gasteiger partial charge in [-0.3, -0.25) is 0 Å². The van der Waals surface area contributed by atoms with Crippen molar-refractivity contribution in [3.8, 4) is 11.4 Å². The number of amides is 2. The zero-order chi connectivity index (χ0) is 19.4. The van der Waals surface area contributed by atoms with E-state index >= 15 is 0 Å². The number of aromatic nitrogens is 1. The first-order valence-corrected chi connectivity index (χ1v) is 8.91. The Hall–Kier alpha value is -3.21. The van der Waals surface area contributed by atoms with Crippen molar-refractivity contribution in [3.05, 3.63) is 77.1 Å². The summed E-state index contributed by atoms with van der Waals surface area (Å²) in [6.45, 7) is 6.71. The third-order valence-electron chi connectivity index (χ3n) is 4.58. The minimum atomic E-state index is -0.236. The lowest BCUT2D eigenvalue weighted by molar-refractivity contribution is 0.251. The average Bonchev–Trinajstić information content (AvgIpc) is 2.94. The summed E-state index contributed by atoms with van der Waals surface area (Å²) in [6.07, 6.45) is 0. The van der Waals surface area contributed by atoms with E-state index in [0.717, 1.165) is 34.1 Å². The number of nitrogens with zero attached hydrogens (tertiary/aromatic N) is 1. The van der Waals surface area contributed by atoms with Gasteiger partial charge in [-0.2, -0.15) is 0 Å². The Kier molecular flexibility index (Phi) is 5.50. The van der Waals surface area contributed by atoms with Gasteiger partial charge in [-0.25, -0.2) is 4.79 Å². The van der Waals surface area contributed by atoms with E-state index in [9.17, 15) is 4.79 Å². The summed E-state index contributed by atoms with van der Waals surface area (Å²) < 4.78 is 7.33. The molecule has 0 aliphatic rings. The topological polar surface area (TPSA) is 55.3 Å². The van der Waals surface area contributed by atoms with Crippen LogP contribution in [0.2, 0.25) is 0 Å². The number of methoxy groups -OCH3 is 1. The van der Waals surface area contributed by atoms with Crippen molar-refractivity contribution < 1.29 is 9.53 Å². The molecule has 0 saturated heterocycles. The lowest BCUT2D eigenvalue weighted by Crippen LogP contribution is -2.28. The quantitative estimate of drug-likeness (QED) is 0.688. The Morgan fingerprint density at radius 2 is 1.78 bits per heavy atom. The predicted octanol–water partition coefficient (Wildman–Crippen LogP) is 4.73. The first kappa shape index (κ1) is 18.6. The highest BCUT2D eigenvalue weighted by atomic mass is 16.5. The third kappa shape index (κ3) is 4.31. The molecule has 0 saturated carbocycles. The largest absolute Gasteiger partial charge is 0.497 e. The fourth-order valence-electron chi connectivity index (χ4n) is 3.20. The van der Waals surface area contributed by atoms with E-state index in [1.165, 1.54) is 5.56 Å². The van der Waals surface area contributed by atoms with Gasteiger partial charge in [0, 0.05) is 29.3 Å². The highest BCUT2D eigenvalue weighted by Crippen LogP contribution is 2.21. The van der Waals surface area contributed by atoms with Gasteiger partial charge in [-0.1, -0.05) is 12.1 Å². The van der Waals surface area contributed by atoms with Gasteiger partial charge < -0.3 is 19.9 Å². The average molecular weight is 363 g/mol. The van der Waals surface area contributed by atoms with E-state index < -0.39 is 0 Å². The molecule has 0 bridgehead atoms. The highest BCUT2D eigenvalue weighted by Gasteiger charge is 2.12. The molecule has 2 N–H and O–H groups in total. The summed E-state index contributed by atoms with van der Waals surface area (Å²) in [4.78, 5) is 12.2. The Balaban J connectivity index is 1.67. The van der Waals surface area contributed by atoms with E-state index in [1.807, 2.05) is 24.3 Å². The van der Waals surface area contributed by atoms with E-state index in [1.54, 1.807) is 7.11 Å². The Bertz CT molecular complexity index is 943. The summed E-state index contributed by atoms with van der Waals surface area (Å²) in [5.74, 6) is 0.754. The number of carbonyl (C=O) groups excluding carboxylic acids is 1. The Labute approximate surface area is 160 Å². The van der Waals surface area contributed by atoms with E-state index in [-0.39, 0.29) is 6.03 Å². The van der Waals surface area contributed by atoms with Gasteiger partial charge in [0.1, 0.15) is 5.75 Å². The van der Waals surface area contributed by atoms with Gasteiger partial charge in [0.2, 0.25) is 0 Å². The van der Waals surface area contributed by atoms with E-state index in [2.05, 4.69) is 66.3 Å². The number of benzene rings is 2. The lowest BCUT2D eigenvalue weighted by atomic mass is 10.2. The van der Waals surface area contributed by atoms with Gasteiger partial charge in [-0.05, 0) is 74.4 Å². The molecule has 0 aliphatic heterocycles. The van der Waals surface area contributed by atoms with Crippen LogP contribution in [0, 0.1) is 20.8 Å². The maximum absolute atomic E-state index is 12.2. The van der Waals surface area contributed by atoms with Gasteiger partial charge >= 0.3 is 6.03 Å². The smallest absolute Gasteiger partial charge is 0.319 e. The maximum atomic E-state index is 12.2. The molecule has 27 heavy (non-hydrogen) atoms. The normalized spacial score (nSPS) is 10.5. The van der Waals surface area contributed by atoms with Gasteiger partial charge in [0.25, 0.3) is 0 Å². The second kappa shape index (κ2) is 7.99. The SMILES string of the molecule is COc1ccc(NC(=O)NCc2cc(C)n(-c3cccc(C)c3)c2C)cc1. The standard InChI is InChI=1S/C22H25N3O2/c1-15-6-5-7-20(12-15)25-16(2)13-18(17(25)3)14-23-22(26)24-19-8-10-21(27-4)11-9-19/h5-13H,14H2,1-4H3,(H2,23,24,26). The minimum Gasteiger partial charge on any atom is -0.497 e. The Morgan fingerprint density at radius 1 is 1.04 bits per heavy atom. The van der Waals surface area contributed by atoms with Crippen LogP contribution in [0.1, 0.15) is 22.5 Å². The van der Waals surface area contributed by atoms with Crippen molar-refractivity contribution >= 4 is 11.7 Å². The molecule has 1 heterocycles. The fraction of sp³-hybridized carbons (Fsp3) is 0.227. The number of aryl methyl sites for hydroxylation is 2. The molecule has 0 unspecified atom stereocenters. The predicted molar refractivity (Wildman–Crippen MR) is 109 cm³/mol. The number of rotatable bonds is 5. The molecular weight excluding hydrogens is 338 g/mol. The van der Waals surface area contributed by atoms with Crippen LogP contribution < -0.4 is 15.4 Å². The summed E-state index contributed by atoms with van der Waals surface area (Å²) >= 11 is 0. The molecule has 3 rings (SSSR count). The number of hydrogen-bond acceptors (Lipinski definition) is 2. The molecule has 0 atom stereocenters. The minimum absolute atomic E-state index is 0.236. The maximum Gasteiger partial charge on any atom is 0.319 e. The Morgan fingerprint density at radius 3 is 2.44 bits per heavy atom. The first-order chi connectivity index (χ1) is 13.0. The summed E-state index contributed by atoms with van der Waals surface area (Å²) in [5, 5.41) is 5.76. The van der Waals surface area contributed by atoms with Crippen molar-refractivity contribution in [2.45, 2.75) is 27.3 Å². The van der Waals surface area contributed by atoms with Crippen molar-refractivity contribution in [1.29, 1.82) is 0 Å². The van der Waals surface area contributed by atoms with Crippen LogP contribution in [-0.2, 0) is 6.54 Å². The molecule has 5 heteroatoms. The molecule has 0 spiro atoms. The van der Waals surface area contributed by atoms with Crippen LogP contribution >= 0.6 is 0 Å². The number of anilines is 1. The van der Waals surface area contributed by atoms with Crippen molar-refractivity contribution in [2.24, 2.45) is 0 Å². The highest BCUT2D eigenvalue weighted by molar-refractivity contribution is 5.89. The fourth-order valence-corrected chi connectivity index (χ4v) is 3.20. The van der Waals surface area contributed by atoms with Crippen LogP contribution in [-0.4, -0.2) is 17.7 Å². The van der Waals surface area contributed by atoms with Crippen LogP contribution in [0.25, 0.3) is 5.69 Å². The zero-order valence-electron chi connectivity index (χ0n) is 16.2. The summed E-state index contributed by atoms with van der Waals surface area (Å²) in [5.41, 5.74) is 6.45. The van der Waals surface area contributed by atoms with E-state index in [0.29, 0.717) is 6.54 Å². The van der Waals surface area contributed by atoms with Crippen molar-refractivity contribution in [1.82, 2.24) is 9.88 Å². The van der Waals surface area contributed by atoms with Gasteiger partial charge in [0.15, 0.2) is 0 Å². The molecule has 0 aliphatic carbocycles. The molecule has 1 aromatic heterocycles. The van der Waals surface area contributed by atoms with Crippen molar-refractivity contribution in [2.75, 3.05) is 12.4 Å². The monoisotopic (exact) mass is 363 g/mol. The number of carbonyl (C=O) groups is 1. The van der Waals surface area contributed by atoms with Crippen molar-refractivity contribution in [3.63, 3.8) is 0 Å². The number of hydrogen-bond donors (Lipinski definition) is 2. The van der Waals surface area contributed by atoms with Gasteiger partial charge in [0.05, 0.1) is 7.11 Å². The molecule has 2 amide bonds. The molecular formula is C22H25N3O2. The molecule has 2 aromatic carbocycles.